The van der Waals surface area contributed by atoms with Crippen LogP contribution in [-0.2, 0) is 18.3 Å². The van der Waals surface area contributed by atoms with Crippen LogP contribution in [0.25, 0.3) is 0 Å². The Labute approximate surface area is 208 Å². The zero-order chi connectivity index (χ0) is 24.2. The molecule has 1 aliphatic rings. The molecule has 1 saturated heterocycles. The molecule has 3 aromatic rings. The van der Waals surface area contributed by atoms with E-state index >= 15 is 0 Å². The van der Waals surface area contributed by atoms with Gasteiger partial charge in [-0.15, -0.1) is 0 Å². The first-order valence-electron chi connectivity index (χ1n) is 10.9. The van der Waals surface area contributed by atoms with Gasteiger partial charge in [-0.2, -0.15) is 5.10 Å². The molecule has 0 unspecified atom stereocenters. The number of Topliss-reactive ketones (excluding diaryl/α,β-unsaturated/α-hetero) is 1. The van der Waals surface area contributed by atoms with E-state index in [1.807, 2.05) is 6.07 Å². The number of aryl methyl sites for hydroxylation is 2. The first-order valence-corrected chi connectivity index (χ1v) is 11.7. The second kappa shape index (κ2) is 10.7. The van der Waals surface area contributed by atoms with E-state index in [1.54, 1.807) is 50.4 Å². The van der Waals surface area contributed by atoms with Crippen LogP contribution in [0.4, 0.5) is 0 Å². The molecule has 34 heavy (non-hydrogen) atoms. The second-order valence-corrected chi connectivity index (χ2v) is 8.86. The van der Waals surface area contributed by atoms with Crippen LogP contribution in [0.15, 0.2) is 42.5 Å². The van der Waals surface area contributed by atoms with Crippen LogP contribution in [0.3, 0.4) is 0 Å². The molecule has 0 saturated carbocycles. The molecule has 4 rings (SSSR count). The molecule has 1 aromatic heterocycles. The van der Waals surface area contributed by atoms with Gasteiger partial charge < -0.3 is 9.47 Å². The van der Waals surface area contributed by atoms with Crippen molar-refractivity contribution >= 4 is 34.8 Å². The van der Waals surface area contributed by atoms with Crippen molar-refractivity contribution in [2.45, 2.75) is 13.5 Å². The molecule has 178 valence electrons. The Kier molecular flexibility index (Phi) is 7.68. The molecule has 0 bridgehead atoms. The van der Waals surface area contributed by atoms with E-state index in [-0.39, 0.29) is 29.6 Å². The fourth-order valence-corrected chi connectivity index (χ4v) is 4.52. The molecule has 1 fully saturated rings. The van der Waals surface area contributed by atoms with Crippen molar-refractivity contribution < 1.29 is 19.1 Å². The topological polar surface area (TPSA) is 73.7 Å². The minimum Gasteiger partial charge on any atom is -0.469 e. The molecular formula is C25H25Cl2N3O4. The molecule has 0 aliphatic carbocycles. The summed E-state index contributed by atoms with van der Waals surface area (Å²) in [7, 11) is 1.67. The molecule has 2 heterocycles. The van der Waals surface area contributed by atoms with Crippen molar-refractivity contribution in [2.75, 3.05) is 32.9 Å². The average molecular weight is 502 g/mol. The monoisotopic (exact) mass is 501 g/mol. The van der Waals surface area contributed by atoms with Crippen molar-refractivity contribution in [1.29, 1.82) is 0 Å². The maximum Gasteiger partial charge on any atom is 0.223 e. The summed E-state index contributed by atoms with van der Waals surface area (Å²) in [4.78, 5) is 28.3. The number of aromatic nitrogens is 2. The Hall–Kier alpha value is -2.71. The molecular weight excluding hydrogens is 477 g/mol. The SMILES string of the molecule is Cc1nn(C)c(OCC(=O)c2ccccc2)c1C(=O)c1ccc(Cl)c(CN2CCOCC2)c1Cl. The van der Waals surface area contributed by atoms with Gasteiger partial charge in [-0.25, -0.2) is 4.68 Å². The molecule has 0 atom stereocenters. The van der Waals surface area contributed by atoms with Gasteiger partial charge in [0.15, 0.2) is 12.4 Å². The number of carbonyl (C=O) groups is 2. The van der Waals surface area contributed by atoms with Gasteiger partial charge in [0.25, 0.3) is 0 Å². The summed E-state index contributed by atoms with van der Waals surface area (Å²) in [6.07, 6.45) is 0. The van der Waals surface area contributed by atoms with Crippen molar-refractivity contribution in [2.24, 2.45) is 7.05 Å². The lowest BCUT2D eigenvalue weighted by Crippen LogP contribution is -2.35. The lowest BCUT2D eigenvalue weighted by molar-refractivity contribution is 0.0342. The van der Waals surface area contributed by atoms with Crippen LogP contribution < -0.4 is 4.74 Å². The number of morpholine rings is 1. The highest BCUT2D eigenvalue weighted by molar-refractivity contribution is 6.39. The first-order chi connectivity index (χ1) is 16.4. The lowest BCUT2D eigenvalue weighted by Gasteiger charge is -2.27. The third-order valence-electron chi connectivity index (χ3n) is 5.75. The Bertz CT molecular complexity index is 1200. The van der Waals surface area contributed by atoms with Crippen molar-refractivity contribution in [3.05, 3.63) is 80.5 Å². The number of ether oxygens (including phenoxy) is 2. The number of halogens is 2. The molecule has 1 aliphatic heterocycles. The summed E-state index contributed by atoms with van der Waals surface area (Å²) in [6.45, 7) is 4.83. The molecule has 0 spiro atoms. The Morgan fingerprint density at radius 3 is 2.50 bits per heavy atom. The van der Waals surface area contributed by atoms with Crippen molar-refractivity contribution in [3.63, 3.8) is 0 Å². The van der Waals surface area contributed by atoms with Crippen LogP contribution in [0.2, 0.25) is 10.0 Å². The molecule has 0 amide bonds. The minimum atomic E-state index is -0.336. The molecule has 2 aromatic carbocycles. The summed E-state index contributed by atoms with van der Waals surface area (Å²) in [6, 6.07) is 12.1. The van der Waals surface area contributed by atoms with E-state index in [4.69, 9.17) is 32.7 Å². The number of rotatable bonds is 8. The van der Waals surface area contributed by atoms with Crippen LogP contribution in [0.5, 0.6) is 5.88 Å². The van der Waals surface area contributed by atoms with Gasteiger partial charge in [0.1, 0.15) is 5.56 Å². The highest BCUT2D eigenvalue weighted by Crippen LogP contribution is 2.33. The summed E-state index contributed by atoms with van der Waals surface area (Å²) in [5.74, 6) is -0.319. The highest BCUT2D eigenvalue weighted by atomic mass is 35.5. The average Bonchev–Trinajstić information content (AvgIpc) is 3.13. The predicted octanol–water partition coefficient (Wildman–Crippen LogP) is 4.36. The summed E-state index contributed by atoms with van der Waals surface area (Å²) < 4.78 is 12.7. The Balaban J connectivity index is 1.60. The fourth-order valence-electron chi connectivity index (χ4n) is 3.94. The Morgan fingerprint density at radius 2 is 1.79 bits per heavy atom. The summed E-state index contributed by atoms with van der Waals surface area (Å²) in [5.41, 5.74) is 2.28. The van der Waals surface area contributed by atoms with Gasteiger partial charge in [-0.1, -0.05) is 53.5 Å². The maximum absolute atomic E-state index is 13.6. The van der Waals surface area contributed by atoms with Gasteiger partial charge in [0, 0.05) is 48.4 Å². The van der Waals surface area contributed by atoms with Gasteiger partial charge in [0.2, 0.25) is 11.7 Å². The highest BCUT2D eigenvalue weighted by Gasteiger charge is 2.27. The quantitative estimate of drug-likeness (QED) is 0.427. The van der Waals surface area contributed by atoms with Crippen molar-refractivity contribution in [1.82, 2.24) is 14.7 Å². The van der Waals surface area contributed by atoms with E-state index in [2.05, 4.69) is 10.00 Å². The second-order valence-electron chi connectivity index (χ2n) is 8.07. The third kappa shape index (κ3) is 5.18. The van der Waals surface area contributed by atoms with Crippen LogP contribution in [0.1, 0.15) is 37.5 Å². The zero-order valence-electron chi connectivity index (χ0n) is 19.0. The van der Waals surface area contributed by atoms with E-state index in [1.165, 1.54) is 4.68 Å². The number of hydrogen-bond donors (Lipinski definition) is 0. The van der Waals surface area contributed by atoms with Crippen LogP contribution in [0, 0.1) is 6.92 Å². The zero-order valence-corrected chi connectivity index (χ0v) is 20.5. The first kappa shape index (κ1) is 24.4. The molecule has 0 radical (unpaired) electrons. The number of nitrogens with zero attached hydrogens (tertiary/aromatic N) is 3. The van der Waals surface area contributed by atoms with Gasteiger partial charge >= 0.3 is 0 Å². The van der Waals surface area contributed by atoms with E-state index in [0.29, 0.717) is 52.2 Å². The van der Waals surface area contributed by atoms with E-state index in [9.17, 15) is 9.59 Å². The minimum absolute atomic E-state index is 0.199. The summed E-state index contributed by atoms with van der Waals surface area (Å²) >= 11 is 13.2. The predicted molar refractivity (Wildman–Crippen MR) is 130 cm³/mol. The lowest BCUT2D eigenvalue weighted by atomic mass is 10.0. The number of hydrogen-bond acceptors (Lipinski definition) is 6. The van der Waals surface area contributed by atoms with Gasteiger partial charge in [0.05, 0.1) is 23.9 Å². The normalized spacial score (nSPS) is 14.2. The Morgan fingerprint density at radius 1 is 1.09 bits per heavy atom. The summed E-state index contributed by atoms with van der Waals surface area (Å²) in [5, 5.41) is 5.14. The van der Waals surface area contributed by atoms with E-state index < -0.39 is 0 Å². The van der Waals surface area contributed by atoms with Gasteiger partial charge in [-0.3, -0.25) is 14.5 Å². The van der Waals surface area contributed by atoms with Gasteiger partial charge in [-0.05, 0) is 19.1 Å². The van der Waals surface area contributed by atoms with E-state index in [0.717, 1.165) is 13.1 Å². The smallest absolute Gasteiger partial charge is 0.223 e. The molecule has 9 heteroatoms. The van der Waals surface area contributed by atoms with Crippen LogP contribution in [-0.4, -0.2) is 59.2 Å². The standard InChI is InChI=1S/C25H25Cl2N3O4/c1-16-22(25(29(2)28-16)34-15-21(31)17-6-4-3-5-7-17)24(32)18-8-9-20(26)19(23(18)27)14-30-10-12-33-13-11-30/h3-9H,10-15H2,1-2H3. The number of ketones is 2. The van der Waals surface area contributed by atoms with Crippen LogP contribution >= 0.6 is 23.2 Å². The number of benzene rings is 2. The number of carbonyl (C=O) groups excluding carboxylic acids is 2. The van der Waals surface area contributed by atoms with Crippen molar-refractivity contribution in [3.8, 4) is 5.88 Å². The fraction of sp³-hybridized carbons (Fsp3) is 0.320. The molecule has 0 N–H and O–H groups in total. The maximum atomic E-state index is 13.6. The third-order valence-corrected chi connectivity index (χ3v) is 6.53. The molecule has 7 nitrogen and oxygen atoms in total. The largest absolute Gasteiger partial charge is 0.469 e.